The third kappa shape index (κ3) is 3.77. The molecular formula is C21H16IN3O3S. The van der Waals surface area contributed by atoms with E-state index >= 15 is 0 Å². The van der Waals surface area contributed by atoms with Crippen LogP contribution < -0.4 is 5.32 Å². The molecule has 2 aromatic carbocycles. The number of carbonyl (C=O) groups is 1. The highest BCUT2D eigenvalue weighted by molar-refractivity contribution is 14.1. The molecule has 0 aliphatic heterocycles. The minimum atomic E-state index is -3.77. The van der Waals surface area contributed by atoms with Crippen LogP contribution in [0.1, 0.15) is 15.9 Å². The summed E-state index contributed by atoms with van der Waals surface area (Å²) in [5, 5.41) is 3.59. The zero-order valence-corrected chi connectivity index (χ0v) is 18.3. The summed E-state index contributed by atoms with van der Waals surface area (Å²) >= 11 is 2.18. The lowest BCUT2D eigenvalue weighted by molar-refractivity contribution is 0.102. The smallest absolute Gasteiger partial charge is 0.268 e. The number of pyridine rings is 1. The van der Waals surface area contributed by atoms with Gasteiger partial charge < -0.3 is 5.32 Å². The van der Waals surface area contributed by atoms with Gasteiger partial charge in [-0.2, -0.15) is 0 Å². The summed E-state index contributed by atoms with van der Waals surface area (Å²) in [5.74, 6) is -0.249. The number of nitrogens with one attached hydrogen (secondary N) is 1. The first-order chi connectivity index (χ1) is 13.9. The number of aryl methyl sites for hydroxylation is 1. The van der Waals surface area contributed by atoms with Crippen LogP contribution in [0.3, 0.4) is 0 Å². The van der Waals surface area contributed by atoms with Crippen molar-refractivity contribution in [3.63, 3.8) is 0 Å². The number of nitrogens with zero attached hydrogens (tertiary/aromatic N) is 2. The van der Waals surface area contributed by atoms with Crippen LogP contribution in [0.2, 0.25) is 0 Å². The average Bonchev–Trinajstić information content (AvgIpc) is 3.15. The molecule has 29 heavy (non-hydrogen) atoms. The normalized spacial score (nSPS) is 11.5. The number of halogens is 1. The van der Waals surface area contributed by atoms with Crippen LogP contribution in [0.15, 0.2) is 78.1 Å². The van der Waals surface area contributed by atoms with Gasteiger partial charge in [-0.3, -0.25) is 9.78 Å². The maximum absolute atomic E-state index is 13.0. The van der Waals surface area contributed by atoms with E-state index in [1.54, 1.807) is 36.5 Å². The van der Waals surface area contributed by atoms with Gasteiger partial charge in [-0.1, -0.05) is 6.07 Å². The van der Waals surface area contributed by atoms with Crippen LogP contribution in [0, 0.1) is 10.5 Å². The number of carbonyl (C=O) groups excluding carboxylic acids is 1. The van der Waals surface area contributed by atoms with Gasteiger partial charge in [-0.05, 0) is 83.6 Å². The number of fused-ring (bicyclic) bond motifs is 1. The predicted molar refractivity (Wildman–Crippen MR) is 121 cm³/mol. The molecule has 2 aromatic heterocycles. The second-order valence-corrected chi connectivity index (χ2v) is 9.47. The first kappa shape index (κ1) is 19.6. The number of hydrogen-bond acceptors (Lipinski definition) is 4. The largest absolute Gasteiger partial charge is 0.322 e. The van der Waals surface area contributed by atoms with Gasteiger partial charge in [0, 0.05) is 32.6 Å². The second-order valence-electron chi connectivity index (χ2n) is 6.49. The summed E-state index contributed by atoms with van der Waals surface area (Å²) < 4.78 is 28.2. The Morgan fingerprint density at radius 2 is 1.83 bits per heavy atom. The van der Waals surface area contributed by atoms with Crippen molar-refractivity contribution >= 4 is 55.1 Å². The van der Waals surface area contributed by atoms with E-state index in [1.807, 2.05) is 19.1 Å². The molecule has 2 heterocycles. The summed E-state index contributed by atoms with van der Waals surface area (Å²) in [6, 6.07) is 15.1. The monoisotopic (exact) mass is 517 g/mol. The summed E-state index contributed by atoms with van der Waals surface area (Å²) in [7, 11) is -3.77. The van der Waals surface area contributed by atoms with E-state index in [9.17, 15) is 13.2 Å². The maximum Gasteiger partial charge on any atom is 0.268 e. The predicted octanol–water partition coefficient (Wildman–Crippen LogP) is 4.44. The van der Waals surface area contributed by atoms with Gasteiger partial charge in [0.05, 0.1) is 16.6 Å². The lowest BCUT2D eigenvalue weighted by atomic mass is 10.1. The van der Waals surface area contributed by atoms with Gasteiger partial charge in [-0.25, -0.2) is 12.4 Å². The van der Waals surface area contributed by atoms with Gasteiger partial charge in [0.1, 0.15) is 0 Å². The van der Waals surface area contributed by atoms with Crippen molar-refractivity contribution in [2.24, 2.45) is 0 Å². The Morgan fingerprint density at radius 3 is 2.55 bits per heavy atom. The summed E-state index contributed by atoms with van der Waals surface area (Å²) in [6.07, 6.45) is 4.65. The Bertz CT molecular complexity index is 1330. The lowest BCUT2D eigenvalue weighted by Crippen LogP contribution is -2.14. The topological polar surface area (TPSA) is 81.1 Å². The van der Waals surface area contributed by atoms with E-state index < -0.39 is 10.0 Å². The molecule has 0 spiro atoms. The number of rotatable bonds is 4. The molecule has 0 radical (unpaired) electrons. The molecule has 0 aliphatic rings. The Kier molecular flexibility index (Phi) is 5.13. The summed E-state index contributed by atoms with van der Waals surface area (Å²) in [6.45, 7) is 1.98. The Labute approximate surface area is 181 Å². The molecule has 0 saturated carbocycles. The molecule has 8 heteroatoms. The first-order valence-corrected chi connectivity index (χ1v) is 11.2. The first-order valence-electron chi connectivity index (χ1n) is 8.70. The average molecular weight is 517 g/mol. The van der Waals surface area contributed by atoms with Gasteiger partial charge in [0.2, 0.25) is 0 Å². The van der Waals surface area contributed by atoms with Crippen LogP contribution in [0.25, 0.3) is 10.9 Å². The molecular weight excluding hydrogens is 501 g/mol. The van der Waals surface area contributed by atoms with Gasteiger partial charge in [0.15, 0.2) is 0 Å². The van der Waals surface area contributed by atoms with Crippen molar-refractivity contribution in [2.45, 2.75) is 11.8 Å². The van der Waals surface area contributed by atoms with E-state index in [4.69, 9.17) is 0 Å². The van der Waals surface area contributed by atoms with E-state index in [0.717, 1.165) is 14.5 Å². The standard InChI is InChI=1S/C21H16IN3O3S/c1-14-2-3-16(12-19(14)22)21(26)24-17-4-6-18(7-5-17)29(27,28)25-11-9-15-8-10-23-13-20(15)25/h2-13H,1H3,(H,24,26). The highest BCUT2D eigenvalue weighted by Crippen LogP contribution is 2.23. The number of hydrogen-bond donors (Lipinski definition) is 1. The maximum atomic E-state index is 13.0. The SMILES string of the molecule is Cc1ccc(C(=O)Nc2ccc(S(=O)(=O)n3ccc4ccncc43)cc2)cc1I. The molecule has 0 unspecified atom stereocenters. The van der Waals surface area contributed by atoms with Crippen LogP contribution in [-0.2, 0) is 10.0 Å². The second kappa shape index (κ2) is 7.60. The summed E-state index contributed by atoms with van der Waals surface area (Å²) in [4.78, 5) is 16.6. The van der Waals surface area contributed by atoms with Crippen LogP contribution >= 0.6 is 22.6 Å². The number of benzene rings is 2. The molecule has 0 bridgehead atoms. The molecule has 0 fully saturated rings. The minimum Gasteiger partial charge on any atom is -0.322 e. The van der Waals surface area contributed by atoms with Crippen molar-refractivity contribution < 1.29 is 13.2 Å². The fraction of sp³-hybridized carbons (Fsp3) is 0.0476. The number of amides is 1. The summed E-state index contributed by atoms with van der Waals surface area (Å²) in [5.41, 5.74) is 2.68. The molecule has 1 amide bonds. The van der Waals surface area contributed by atoms with E-state index in [1.165, 1.54) is 28.5 Å². The Hall–Kier alpha value is -2.72. The molecule has 4 rings (SSSR count). The van der Waals surface area contributed by atoms with Gasteiger partial charge in [-0.15, -0.1) is 0 Å². The quantitative estimate of drug-likeness (QED) is 0.406. The Morgan fingerprint density at radius 1 is 1.07 bits per heavy atom. The van der Waals surface area contributed by atoms with Gasteiger partial charge in [0.25, 0.3) is 15.9 Å². The third-order valence-electron chi connectivity index (χ3n) is 4.56. The third-order valence-corrected chi connectivity index (χ3v) is 7.43. The molecule has 146 valence electrons. The molecule has 6 nitrogen and oxygen atoms in total. The van der Waals surface area contributed by atoms with Crippen molar-refractivity contribution in [2.75, 3.05) is 5.32 Å². The van der Waals surface area contributed by atoms with Gasteiger partial charge >= 0.3 is 0 Å². The highest BCUT2D eigenvalue weighted by atomic mass is 127. The van der Waals surface area contributed by atoms with E-state index in [2.05, 4.69) is 32.9 Å². The van der Waals surface area contributed by atoms with Crippen LogP contribution in [0.4, 0.5) is 5.69 Å². The zero-order valence-electron chi connectivity index (χ0n) is 15.3. The highest BCUT2D eigenvalue weighted by Gasteiger charge is 2.19. The molecule has 0 atom stereocenters. The number of aromatic nitrogens is 2. The fourth-order valence-electron chi connectivity index (χ4n) is 2.92. The molecule has 0 aliphatic carbocycles. The van der Waals surface area contributed by atoms with Crippen molar-refractivity contribution in [3.8, 4) is 0 Å². The molecule has 1 N–H and O–H groups in total. The van der Waals surface area contributed by atoms with Crippen molar-refractivity contribution in [1.29, 1.82) is 0 Å². The molecule has 0 saturated heterocycles. The van der Waals surface area contributed by atoms with Crippen molar-refractivity contribution in [1.82, 2.24) is 8.96 Å². The minimum absolute atomic E-state index is 0.127. The van der Waals surface area contributed by atoms with E-state index in [0.29, 0.717) is 16.8 Å². The lowest BCUT2D eigenvalue weighted by Gasteiger charge is -2.10. The fourth-order valence-corrected chi connectivity index (χ4v) is 4.78. The number of anilines is 1. The zero-order chi connectivity index (χ0) is 20.6. The van der Waals surface area contributed by atoms with E-state index in [-0.39, 0.29) is 10.8 Å². The van der Waals surface area contributed by atoms with Crippen LogP contribution in [0.5, 0.6) is 0 Å². The molecule has 4 aromatic rings. The van der Waals surface area contributed by atoms with Crippen molar-refractivity contribution in [3.05, 3.63) is 87.9 Å². The van der Waals surface area contributed by atoms with Crippen LogP contribution in [-0.4, -0.2) is 23.3 Å². The Balaban J connectivity index is 1.59.